The topological polar surface area (TPSA) is 40.5 Å². The predicted octanol–water partition coefficient (Wildman–Crippen LogP) is 2.20. The van der Waals surface area contributed by atoms with Gasteiger partial charge in [-0.15, -0.1) is 6.58 Å². The summed E-state index contributed by atoms with van der Waals surface area (Å²) in [6.07, 6.45) is 12.6. The Bertz CT molecular complexity index is 183. The van der Waals surface area contributed by atoms with Crippen LogP contribution in [0.2, 0.25) is 0 Å². The van der Waals surface area contributed by atoms with Crippen molar-refractivity contribution in [3.63, 3.8) is 0 Å². The van der Waals surface area contributed by atoms with Crippen molar-refractivity contribution in [3.8, 4) is 0 Å². The van der Waals surface area contributed by atoms with Gasteiger partial charge in [-0.3, -0.25) is 0 Å². The molecule has 0 aliphatic rings. The first-order valence-corrected chi connectivity index (χ1v) is 5.02. The van der Waals surface area contributed by atoms with Gasteiger partial charge in [-0.25, -0.2) is 0 Å². The highest BCUT2D eigenvalue weighted by atomic mass is 16.3. The zero-order valence-corrected chi connectivity index (χ0v) is 8.60. The molecule has 0 aliphatic carbocycles. The molecule has 80 valence electrons. The van der Waals surface area contributed by atoms with Crippen LogP contribution in [0.5, 0.6) is 0 Å². The highest BCUT2D eigenvalue weighted by Gasteiger charge is 1.93. The molecule has 0 aliphatic heterocycles. The summed E-state index contributed by atoms with van der Waals surface area (Å²) in [5.74, 6) is 0. The zero-order valence-electron chi connectivity index (χ0n) is 8.60. The van der Waals surface area contributed by atoms with E-state index in [0.717, 1.165) is 25.7 Å². The second-order valence-electron chi connectivity index (χ2n) is 3.08. The molecule has 0 aromatic rings. The Morgan fingerprint density at radius 3 is 2.14 bits per heavy atom. The van der Waals surface area contributed by atoms with E-state index in [4.69, 9.17) is 10.2 Å². The Morgan fingerprint density at radius 2 is 1.57 bits per heavy atom. The molecule has 0 radical (unpaired) electrons. The lowest BCUT2D eigenvalue weighted by Crippen LogP contribution is -1.99. The van der Waals surface area contributed by atoms with Gasteiger partial charge in [0.05, 0.1) is 12.7 Å². The van der Waals surface area contributed by atoms with Crippen LogP contribution in [0.15, 0.2) is 37.0 Å². The van der Waals surface area contributed by atoms with Gasteiger partial charge in [-0.05, 0) is 25.7 Å². The van der Waals surface area contributed by atoms with Gasteiger partial charge < -0.3 is 10.2 Å². The van der Waals surface area contributed by atoms with E-state index in [9.17, 15) is 0 Å². The summed E-state index contributed by atoms with van der Waals surface area (Å²) in [5, 5.41) is 17.6. The molecule has 2 N–H and O–H groups in total. The summed E-state index contributed by atoms with van der Waals surface area (Å²) in [4.78, 5) is 0. The van der Waals surface area contributed by atoms with Crippen molar-refractivity contribution in [1.29, 1.82) is 0 Å². The van der Waals surface area contributed by atoms with E-state index in [-0.39, 0.29) is 12.7 Å². The van der Waals surface area contributed by atoms with Crippen LogP contribution in [0.25, 0.3) is 0 Å². The maximum Gasteiger partial charge on any atom is 0.0721 e. The van der Waals surface area contributed by atoms with Crippen molar-refractivity contribution < 1.29 is 10.2 Å². The number of hydrogen-bond acceptors (Lipinski definition) is 2. The fourth-order valence-electron chi connectivity index (χ4n) is 1.01. The number of allylic oxidation sites excluding steroid dienone is 3. The maximum atomic E-state index is 9.14. The standard InChI is InChI=1S/C12H20O2/c1-2-12(14)10-8-6-4-3-5-7-9-11-13/h2,4,6-7,9,12-14H,1,3,5,8,10-11H2/b6-4-,9-7-. The number of aliphatic hydroxyl groups excluding tert-OH is 2. The third-order valence-corrected chi connectivity index (χ3v) is 1.84. The molecule has 2 nitrogen and oxygen atoms in total. The molecule has 1 atom stereocenters. The molecule has 2 heteroatoms. The largest absolute Gasteiger partial charge is 0.392 e. The Balaban J connectivity index is 3.27. The highest BCUT2D eigenvalue weighted by Crippen LogP contribution is 2.00. The smallest absolute Gasteiger partial charge is 0.0721 e. The molecule has 0 spiro atoms. The van der Waals surface area contributed by atoms with E-state index in [1.54, 1.807) is 12.2 Å². The minimum atomic E-state index is -0.381. The van der Waals surface area contributed by atoms with Gasteiger partial charge in [-0.2, -0.15) is 0 Å². The summed E-state index contributed by atoms with van der Waals surface area (Å²) >= 11 is 0. The Labute approximate surface area is 86.3 Å². The second-order valence-corrected chi connectivity index (χ2v) is 3.08. The van der Waals surface area contributed by atoms with Crippen molar-refractivity contribution >= 4 is 0 Å². The van der Waals surface area contributed by atoms with Gasteiger partial charge in [0.2, 0.25) is 0 Å². The van der Waals surface area contributed by atoms with Gasteiger partial charge in [-0.1, -0.05) is 30.4 Å². The summed E-state index contributed by atoms with van der Waals surface area (Å²) in [5.41, 5.74) is 0. The third-order valence-electron chi connectivity index (χ3n) is 1.84. The molecule has 0 aromatic carbocycles. The van der Waals surface area contributed by atoms with Crippen molar-refractivity contribution in [2.45, 2.75) is 31.8 Å². The van der Waals surface area contributed by atoms with E-state index >= 15 is 0 Å². The zero-order chi connectivity index (χ0) is 10.6. The minimum Gasteiger partial charge on any atom is -0.392 e. The van der Waals surface area contributed by atoms with E-state index in [1.807, 2.05) is 6.08 Å². The van der Waals surface area contributed by atoms with Gasteiger partial charge >= 0.3 is 0 Å². The summed E-state index contributed by atoms with van der Waals surface area (Å²) in [7, 11) is 0. The molecule has 0 bridgehead atoms. The number of unbranched alkanes of at least 4 members (excludes halogenated alkanes) is 1. The van der Waals surface area contributed by atoms with Gasteiger partial charge in [0.1, 0.15) is 0 Å². The lowest BCUT2D eigenvalue weighted by molar-refractivity contribution is 0.214. The Morgan fingerprint density at radius 1 is 1.00 bits per heavy atom. The van der Waals surface area contributed by atoms with E-state index in [1.165, 1.54) is 0 Å². The van der Waals surface area contributed by atoms with Gasteiger partial charge in [0.15, 0.2) is 0 Å². The molecular formula is C12H20O2. The quantitative estimate of drug-likeness (QED) is 0.461. The molecule has 0 rings (SSSR count). The Kier molecular flexibility index (Phi) is 9.59. The molecule has 0 saturated carbocycles. The number of aliphatic hydroxyl groups is 2. The lowest BCUT2D eigenvalue weighted by Gasteiger charge is -1.99. The minimum absolute atomic E-state index is 0.120. The fourth-order valence-corrected chi connectivity index (χ4v) is 1.01. The van der Waals surface area contributed by atoms with Crippen LogP contribution in [0.4, 0.5) is 0 Å². The predicted molar refractivity (Wildman–Crippen MR) is 60.0 cm³/mol. The SMILES string of the molecule is C=CC(O)CC/C=C\CC/C=C\CO. The third kappa shape index (κ3) is 9.23. The number of hydrogen-bond donors (Lipinski definition) is 2. The van der Waals surface area contributed by atoms with E-state index in [0.29, 0.717) is 0 Å². The molecular weight excluding hydrogens is 176 g/mol. The maximum absolute atomic E-state index is 9.14. The lowest BCUT2D eigenvalue weighted by atomic mass is 10.2. The summed E-state index contributed by atoms with van der Waals surface area (Å²) in [6, 6.07) is 0. The average molecular weight is 196 g/mol. The number of rotatable bonds is 8. The highest BCUT2D eigenvalue weighted by molar-refractivity contribution is 4.89. The molecule has 0 heterocycles. The van der Waals surface area contributed by atoms with Crippen LogP contribution in [0, 0.1) is 0 Å². The van der Waals surface area contributed by atoms with Gasteiger partial charge in [0, 0.05) is 0 Å². The first kappa shape index (κ1) is 13.1. The Hall–Kier alpha value is -0.860. The molecule has 0 amide bonds. The normalized spacial score (nSPS) is 13.9. The van der Waals surface area contributed by atoms with Crippen molar-refractivity contribution in [2.75, 3.05) is 6.61 Å². The van der Waals surface area contributed by atoms with Gasteiger partial charge in [0.25, 0.3) is 0 Å². The molecule has 1 unspecified atom stereocenters. The van der Waals surface area contributed by atoms with Crippen LogP contribution in [0.1, 0.15) is 25.7 Å². The van der Waals surface area contributed by atoms with Crippen LogP contribution < -0.4 is 0 Å². The van der Waals surface area contributed by atoms with Crippen LogP contribution in [-0.2, 0) is 0 Å². The summed E-state index contributed by atoms with van der Waals surface area (Å²) < 4.78 is 0. The molecule has 0 saturated heterocycles. The first-order valence-electron chi connectivity index (χ1n) is 5.02. The van der Waals surface area contributed by atoms with E-state index < -0.39 is 0 Å². The molecule has 0 fully saturated rings. The van der Waals surface area contributed by atoms with Crippen LogP contribution in [-0.4, -0.2) is 22.9 Å². The van der Waals surface area contributed by atoms with Crippen molar-refractivity contribution in [3.05, 3.63) is 37.0 Å². The summed E-state index contributed by atoms with van der Waals surface area (Å²) in [6.45, 7) is 3.62. The average Bonchev–Trinajstić information content (AvgIpc) is 2.21. The first-order chi connectivity index (χ1) is 6.81. The van der Waals surface area contributed by atoms with E-state index in [2.05, 4.69) is 18.7 Å². The monoisotopic (exact) mass is 196 g/mol. The molecule has 0 aromatic heterocycles. The molecule has 14 heavy (non-hydrogen) atoms. The fraction of sp³-hybridized carbons (Fsp3) is 0.500. The van der Waals surface area contributed by atoms with Crippen LogP contribution in [0.3, 0.4) is 0 Å². The van der Waals surface area contributed by atoms with Crippen molar-refractivity contribution in [1.82, 2.24) is 0 Å². The second kappa shape index (κ2) is 10.2. The van der Waals surface area contributed by atoms with Crippen molar-refractivity contribution in [2.24, 2.45) is 0 Å². The van der Waals surface area contributed by atoms with Crippen LogP contribution >= 0.6 is 0 Å².